The molecule has 0 aliphatic heterocycles. The molecule has 8 heteroatoms. The molecule has 0 radical (unpaired) electrons. The molecule has 170 valence electrons. The third-order valence-corrected chi connectivity index (χ3v) is 5.63. The number of carbonyl (C=O) groups excluding carboxylic acids is 1. The Hall–Kier alpha value is -3.06. The van der Waals surface area contributed by atoms with Gasteiger partial charge in [-0.3, -0.25) is 9.36 Å². The van der Waals surface area contributed by atoms with E-state index < -0.39 is 0 Å². The van der Waals surface area contributed by atoms with Crippen molar-refractivity contribution in [2.75, 3.05) is 19.0 Å². The van der Waals surface area contributed by atoms with Crippen LogP contribution in [0.2, 0.25) is 5.02 Å². The van der Waals surface area contributed by atoms with Gasteiger partial charge in [-0.15, -0.1) is 0 Å². The molecule has 1 aromatic heterocycles. The van der Waals surface area contributed by atoms with Gasteiger partial charge >= 0.3 is 6.03 Å². The van der Waals surface area contributed by atoms with Gasteiger partial charge in [0.2, 0.25) is 0 Å². The third-order valence-electron chi connectivity index (χ3n) is 5.39. The normalized spacial score (nSPS) is 11.9. The number of hydrogen-bond donors (Lipinski definition) is 1. The summed E-state index contributed by atoms with van der Waals surface area (Å²) in [6, 6.07) is 11.6. The van der Waals surface area contributed by atoms with Crippen LogP contribution in [0.1, 0.15) is 45.5 Å². The zero-order chi connectivity index (χ0) is 23.3. The fraction of sp³-hybridized carbons (Fsp3) is 0.375. The second kappa shape index (κ2) is 10.5. The average molecular weight is 457 g/mol. The highest BCUT2D eigenvalue weighted by Crippen LogP contribution is 2.26. The Kier molecular flexibility index (Phi) is 7.75. The summed E-state index contributed by atoms with van der Waals surface area (Å²) < 4.78 is 6.83. The molecule has 7 nitrogen and oxygen atoms in total. The van der Waals surface area contributed by atoms with Crippen LogP contribution < -0.4 is 15.6 Å². The maximum atomic E-state index is 13.3. The number of halogens is 1. The second-order valence-corrected chi connectivity index (χ2v) is 7.89. The summed E-state index contributed by atoms with van der Waals surface area (Å²) in [5, 5.41) is 3.98. The van der Waals surface area contributed by atoms with Crippen LogP contribution in [-0.4, -0.2) is 34.1 Å². The number of carbonyl (C=O) groups is 1. The molecule has 0 aliphatic carbocycles. The Morgan fingerprint density at radius 3 is 2.50 bits per heavy atom. The number of anilines is 1. The van der Waals surface area contributed by atoms with Crippen molar-refractivity contribution in [3.63, 3.8) is 0 Å². The molecule has 3 rings (SSSR count). The Labute approximate surface area is 193 Å². The number of hydrogen-bond acceptors (Lipinski definition) is 4. The molecule has 0 spiro atoms. The summed E-state index contributed by atoms with van der Waals surface area (Å²) in [5.74, 6) is 1.28. The first-order chi connectivity index (χ1) is 15.4. The van der Waals surface area contributed by atoms with Gasteiger partial charge in [0, 0.05) is 23.8 Å². The van der Waals surface area contributed by atoms with Gasteiger partial charge in [0.15, 0.2) is 0 Å². The Morgan fingerprint density at radius 2 is 1.91 bits per heavy atom. The van der Waals surface area contributed by atoms with Crippen molar-refractivity contribution in [3.8, 4) is 5.75 Å². The number of aromatic nitrogens is 2. The van der Waals surface area contributed by atoms with Gasteiger partial charge in [-0.1, -0.05) is 25.4 Å². The van der Waals surface area contributed by atoms with Crippen LogP contribution in [0.4, 0.5) is 10.5 Å². The summed E-state index contributed by atoms with van der Waals surface area (Å²) in [5.41, 5.74) is 1.07. The Balaban J connectivity index is 2.03. The SMILES string of the molecule is CCCN(C(=O)Nc1ccc(OC)cc1)C(CC)c1nc2cc(Cl)ccc2c(=O)n1CC. The largest absolute Gasteiger partial charge is 0.497 e. The van der Waals surface area contributed by atoms with Crippen molar-refractivity contribution in [2.45, 2.75) is 46.2 Å². The van der Waals surface area contributed by atoms with Gasteiger partial charge in [-0.2, -0.15) is 0 Å². The molecule has 2 amide bonds. The monoisotopic (exact) mass is 456 g/mol. The summed E-state index contributed by atoms with van der Waals surface area (Å²) in [7, 11) is 1.60. The predicted molar refractivity (Wildman–Crippen MR) is 129 cm³/mol. The molecule has 32 heavy (non-hydrogen) atoms. The smallest absolute Gasteiger partial charge is 0.322 e. The molecule has 1 heterocycles. The van der Waals surface area contributed by atoms with Crippen LogP contribution in [0.25, 0.3) is 10.9 Å². The van der Waals surface area contributed by atoms with E-state index >= 15 is 0 Å². The molecule has 1 N–H and O–H groups in total. The van der Waals surface area contributed by atoms with Crippen LogP contribution >= 0.6 is 11.6 Å². The van der Waals surface area contributed by atoms with E-state index in [2.05, 4.69) is 5.32 Å². The Morgan fingerprint density at radius 1 is 1.19 bits per heavy atom. The number of methoxy groups -OCH3 is 1. The number of ether oxygens (including phenoxy) is 1. The standard InChI is InChI=1S/C24H29ClN4O3/c1-5-14-29(24(31)26-17-9-11-18(32-4)12-10-17)21(6-2)22-27-20-15-16(25)8-13-19(20)23(30)28(22)7-3/h8-13,15,21H,5-7,14H2,1-4H3,(H,26,31). The van der Waals surface area contributed by atoms with E-state index in [4.69, 9.17) is 21.3 Å². The van der Waals surface area contributed by atoms with Gasteiger partial charge in [0.05, 0.1) is 24.1 Å². The van der Waals surface area contributed by atoms with Gasteiger partial charge in [-0.25, -0.2) is 9.78 Å². The highest BCUT2D eigenvalue weighted by Gasteiger charge is 2.28. The minimum Gasteiger partial charge on any atom is -0.497 e. The summed E-state index contributed by atoms with van der Waals surface area (Å²) in [4.78, 5) is 33.0. The minimum atomic E-state index is -0.371. The number of amides is 2. The average Bonchev–Trinajstić information content (AvgIpc) is 2.79. The first-order valence-electron chi connectivity index (χ1n) is 10.8. The maximum Gasteiger partial charge on any atom is 0.322 e. The summed E-state index contributed by atoms with van der Waals surface area (Å²) >= 11 is 6.15. The van der Waals surface area contributed by atoms with E-state index in [1.807, 2.05) is 20.8 Å². The summed E-state index contributed by atoms with van der Waals surface area (Å²) in [6.07, 6.45) is 1.37. The lowest BCUT2D eigenvalue weighted by atomic mass is 10.1. The van der Waals surface area contributed by atoms with Crippen LogP contribution in [0.5, 0.6) is 5.75 Å². The minimum absolute atomic E-state index is 0.130. The van der Waals surface area contributed by atoms with Crippen molar-refractivity contribution in [1.29, 1.82) is 0 Å². The van der Waals surface area contributed by atoms with Gasteiger partial charge in [0.25, 0.3) is 5.56 Å². The van der Waals surface area contributed by atoms with Crippen molar-refractivity contribution in [3.05, 3.63) is 63.7 Å². The van der Waals surface area contributed by atoms with E-state index in [0.717, 1.165) is 6.42 Å². The first-order valence-corrected chi connectivity index (χ1v) is 11.2. The summed E-state index contributed by atoms with van der Waals surface area (Å²) in [6.45, 7) is 6.88. The molecule has 0 aliphatic rings. The van der Waals surface area contributed by atoms with Crippen LogP contribution in [0.15, 0.2) is 47.3 Å². The highest BCUT2D eigenvalue weighted by molar-refractivity contribution is 6.31. The van der Waals surface area contributed by atoms with Crippen molar-refractivity contribution < 1.29 is 9.53 Å². The second-order valence-electron chi connectivity index (χ2n) is 7.46. The lowest BCUT2D eigenvalue weighted by Gasteiger charge is -2.32. The van der Waals surface area contributed by atoms with E-state index in [-0.39, 0.29) is 17.6 Å². The van der Waals surface area contributed by atoms with Gasteiger partial charge in [-0.05, 0) is 62.2 Å². The Bertz CT molecular complexity index is 1140. The van der Waals surface area contributed by atoms with E-state index in [0.29, 0.717) is 52.7 Å². The molecular formula is C24H29ClN4O3. The highest BCUT2D eigenvalue weighted by atomic mass is 35.5. The first kappa shape index (κ1) is 23.6. The van der Waals surface area contributed by atoms with Crippen molar-refractivity contribution >= 4 is 34.2 Å². The fourth-order valence-electron chi connectivity index (χ4n) is 3.82. The van der Waals surface area contributed by atoms with E-state index in [9.17, 15) is 9.59 Å². The van der Waals surface area contributed by atoms with Gasteiger partial charge in [0.1, 0.15) is 11.6 Å². The van der Waals surface area contributed by atoms with Crippen LogP contribution in [-0.2, 0) is 6.54 Å². The molecule has 0 bridgehead atoms. The number of nitrogens with zero attached hydrogens (tertiary/aromatic N) is 3. The molecule has 1 unspecified atom stereocenters. The lowest BCUT2D eigenvalue weighted by molar-refractivity contribution is 0.180. The molecule has 2 aromatic carbocycles. The maximum absolute atomic E-state index is 13.3. The number of rotatable bonds is 8. The topological polar surface area (TPSA) is 76.5 Å². The van der Waals surface area contributed by atoms with Gasteiger partial charge < -0.3 is 15.0 Å². The predicted octanol–water partition coefficient (Wildman–Crippen LogP) is 5.47. The number of benzene rings is 2. The van der Waals surface area contributed by atoms with Crippen molar-refractivity contribution in [1.82, 2.24) is 14.5 Å². The fourth-order valence-corrected chi connectivity index (χ4v) is 3.99. The quantitative estimate of drug-likeness (QED) is 0.487. The van der Waals surface area contributed by atoms with Crippen LogP contribution in [0.3, 0.4) is 0 Å². The molecular weight excluding hydrogens is 428 g/mol. The number of fused-ring (bicyclic) bond motifs is 1. The molecule has 0 saturated heterocycles. The molecule has 3 aromatic rings. The van der Waals surface area contributed by atoms with Crippen LogP contribution in [0, 0.1) is 0 Å². The number of urea groups is 1. The van der Waals surface area contributed by atoms with Crippen molar-refractivity contribution in [2.24, 2.45) is 0 Å². The molecule has 1 atom stereocenters. The number of nitrogens with one attached hydrogen (secondary N) is 1. The lowest BCUT2D eigenvalue weighted by Crippen LogP contribution is -2.41. The van der Waals surface area contributed by atoms with E-state index in [1.165, 1.54) is 0 Å². The third kappa shape index (κ3) is 4.88. The molecule has 0 fully saturated rings. The zero-order valence-electron chi connectivity index (χ0n) is 18.9. The molecule has 0 saturated carbocycles. The van der Waals surface area contributed by atoms with E-state index in [1.54, 1.807) is 59.0 Å². The zero-order valence-corrected chi connectivity index (χ0v) is 19.6.